The number of aliphatic hydroxyl groups is 1. The molecule has 1 unspecified atom stereocenters. The van der Waals surface area contributed by atoms with Gasteiger partial charge < -0.3 is 19.8 Å². The molecule has 0 bridgehead atoms. The fourth-order valence-corrected chi connectivity index (χ4v) is 6.68. The Labute approximate surface area is 212 Å². The van der Waals surface area contributed by atoms with Crippen molar-refractivity contribution in [3.05, 3.63) is 70.8 Å². The van der Waals surface area contributed by atoms with E-state index in [1.807, 2.05) is 6.07 Å². The summed E-state index contributed by atoms with van der Waals surface area (Å²) >= 11 is 6.34. The number of aliphatic hydroxyl groups excluding tert-OH is 1. The number of hydrogen-bond donors (Lipinski definition) is 2. The Hall–Kier alpha value is -2.50. The molecule has 1 heterocycles. The molecule has 2 aromatic rings. The number of aryl methyl sites for hydroxylation is 1. The van der Waals surface area contributed by atoms with Crippen molar-refractivity contribution in [1.82, 2.24) is 0 Å². The lowest BCUT2D eigenvalue weighted by Crippen LogP contribution is -2.53. The summed E-state index contributed by atoms with van der Waals surface area (Å²) in [4.78, 5) is 14.1. The smallest absolute Gasteiger partial charge is 0.335 e. The Kier molecular flexibility index (Phi) is 6.35. The Morgan fingerprint density at radius 2 is 2.14 bits per heavy atom. The molecule has 0 aromatic heterocycles. The average molecular weight is 496 g/mol. The third-order valence-corrected chi connectivity index (χ3v) is 9.08. The van der Waals surface area contributed by atoms with Gasteiger partial charge in [0, 0.05) is 23.5 Å². The summed E-state index contributed by atoms with van der Waals surface area (Å²) in [6.07, 6.45) is 7.01. The fourth-order valence-electron chi connectivity index (χ4n) is 6.48. The largest absolute Gasteiger partial charge is 0.490 e. The first-order valence-corrected chi connectivity index (χ1v) is 13.0. The summed E-state index contributed by atoms with van der Waals surface area (Å²) in [5.74, 6) is 0.0714. The van der Waals surface area contributed by atoms with Crippen molar-refractivity contribution in [3.8, 4) is 5.75 Å². The van der Waals surface area contributed by atoms with Gasteiger partial charge in [0.1, 0.15) is 5.75 Å². The number of carboxylic acid groups (broad SMARTS) is 1. The lowest BCUT2D eigenvalue weighted by molar-refractivity contribution is -0.0695. The predicted molar refractivity (Wildman–Crippen MR) is 139 cm³/mol. The van der Waals surface area contributed by atoms with Crippen LogP contribution in [-0.2, 0) is 11.8 Å². The normalized spacial score (nSPS) is 28.2. The molecular formula is C29H34ClNO4. The molecule has 0 saturated heterocycles. The van der Waals surface area contributed by atoms with Crippen LogP contribution in [0.25, 0.3) is 0 Å². The van der Waals surface area contributed by atoms with Crippen LogP contribution in [0.3, 0.4) is 0 Å². The molecule has 186 valence electrons. The van der Waals surface area contributed by atoms with Crippen molar-refractivity contribution in [2.45, 2.75) is 57.0 Å². The number of carbonyl (C=O) groups is 1. The van der Waals surface area contributed by atoms with Gasteiger partial charge in [0.25, 0.3) is 0 Å². The first-order valence-electron chi connectivity index (χ1n) is 12.6. The number of halogens is 1. The number of benzene rings is 2. The van der Waals surface area contributed by atoms with E-state index in [0.717, 1.165) is 61.7 Å². The maximum Gasteiger partial charge on any atom is 0.335 e. The van der Waals surface area contributed by atoms with Gasteiger partial charge in [0.05, 0.1) is 24.0 Å². The second-order valence-electron chi connectivity index (χ2n) is 10.9. The first-order chi connectivity index (χ1) is 16.8. The lowest BCUT2D eigenvalue weighted by atomic mass is 9.57. The minimum Gasteiger partial charge on any atom is -0.490 e. The molecule has 3 aliphatic rings. The quantitative estimate of drug-likeness (QED) is 0.491. The molecule has 5 rings (SSSR count). The monoisotopic (exact) mass is 495 g/mol. The molecule has 1 aliphatic heterocycles. The average Bonchev–Trinajstić information content (AvgIpc) is 2.98. The van der Waals surface area contributed by atoms with E-state index in [-0.39, 0.29) is 16.4 Å². The molecule has 2 N–H and O–H groups in total. The number of hydrogen-bond acceptors (Lipinski definition) is 4. The van der Waals surface area contributed by atoms with Crippen LogP contribution in [0.1, 0.15) is 60.5 Å². The first kappa shape index (κ1) is 24.2. The number of anilines is 1. The Morgan fingerprint density at radius 3 is 2.86 bits per heavy atom. The number of aromatic carboxylic acids is 1. The maximum atomic E-state index is 11.8. The molecule has 2 aromatic carbocycles. The van der Waals surface area contributed by atoms with Gasteiger partial charge in [0.15, 0.2) is 0 Å². The third-order valence-electron chi connectivity index (χ3n) is 8.84. The van der Waals surface area contributed by atoms with Gasteiger partial charge in [-0.05, 0) is 91.3 Å². The molecule has 1 fully saturated rings. The van der Waals surface area contributed by atoms with Gasteiger partial charge in [-0.3, -0.25) is 0 Å². The van der Waals surface area contributed by atoms with E-state index < -0.39 is 12.1 Å². The molecule has 1 spiro atoms. The van der Waals surface area contributed by atoms with Crippen LogP contribution >= 0.6 is 11.6 Å². The molecule has 4 atom stereocenters. The summed E-state index contributed by atoms with van der Waals surface area (Å²) in [7, 11) is 0. The summed E-state index contributed by atoms with van der Waals surface area (Å²) in [5, 5.41) is 21.3. The molecule has 2 aliphatic carbocycles. The third kappa shape index (κ3) is 4.23. The molecule has 6 heteroatoms. The zero-order chi connectivity index (χ0) is 24.8. The van der Waals surface area contributed by atoms with Gasteiger partial charge in [-0.1, -0.05) is 30.7 Å². The van der Waals surface area contributed by atoms with Crippen molar-refractivity contribution in [2.75, 3.05) is 24.6 Å². The van der Waals surface area contributed by atoms with Crippen LogP contribution in [0, 0.1) is 11.3 Å². The second kappa shape index (κ2) is 9.18. The van der Waals surface area contributed by atoms with Gasteiger partial charge in [-0.25, -0.2) is 4.79 Å². The Bertz CT molecular complexity index is 1150. The van der Waals surface area contributed by atoms with Crippen molar-refractivity contribution < 1.29 is 19.7 Å². The Balaban J connectivity index is 1.55. The van der Waals surface area contributed by atoms with Crippen LogP contribution in [0.4, 0.5) is 5.69 Å². The predicted octanol–water partition coefficient (Wildman–Crippen LogP) is 5.86. The molecule has 1 saturated carbocycles. The van der Waals surface area contributed by atoms with Gasteiger partial charge in [0.2, 0.25) is 0 Å². The Morgan fingerprint density at radius 1 is 1.31 bits per heavy atom. The number of nitrogens with zero attached hydrogens (tertiary/aromatic N) is 1. The number of carboxylic acids is 1. The van der Waals surface area contributed by atoms with Crippen LogP contribution in [-0.4, -0.2) is 42.0 Å². The summed E-state index contributed by atoms with van der Waals surface area (Å²) < 4.78 is 6.43. The summed E-state index contributed by atoms with van der Waals surface area (Å²) in [5.41, 5.74) is 3.26. The topological polar surface area (TPSA) is 70.0 Å². The van der Waals surface area contributed by atoms with Crippen LogP contribution in [0.2, 0.25) is 5.02 Å². The van der Waals surface area contributed by atoms with Gasteiger partial charge in [-0.2, -0.15) is 0 Å². The standard InChI is InChI=1S/C29H34ClNO4/c1-3-5-26(32)28(2)13-11-21(28)16-31-17-29(12-4-6-19-14-22(30)8-9-23(19)29)18-35-25-10-7-20(27(33)34)15-24(25)31/h3,7-10,14-15,21,26,32H,1,4-6,11-13,16-18H2,2H3,(H,33,34)/t21-,26?,28+,29+/m1/s1. The number of ether oxygens (including phenoxy) is 1. The van der Waals surface area contributed by atoms with Crippen LogP contribution < -0.4 is 9.64 Å². The lowest BCUT2D eigenvalue weighted by Gasteiger charge is -2.52. The minimum atomic E-state index is -0.945. The number of rotatable bonds is 6. The van der Waals surface area contributed by atoms with Gasteiger partial charge >= 0.3 is 5.97 Å². The molecule has 0 radical (unpaired) electrons. The molecule has 0 amide bonds. The van der Waals surface area contributed by atoms with E-state index >= 15 is 0 Å². The van der Waals surface area contributed by atoms with E-state index in [4.69, 9.17) is 16.3 Å². The second-order valence-corrected chi connectivity index (χ2v) is 11.3. The van der Waals surface area contributed by atoms with Crippen LogP contribution in [0.5, 0.6) is 5.75 Å². The maximum absolute atomic E-state index is 11.8. The SMILES string of the molecule is C=CCC(O)[C@@]1(C)CC[C@@H]1CN1C[C@@]2(CCCc3cc(Cl)ccc32)COc2ccc(C(=O)O)cc21. The number of fused-ring (bicyclic) bond motifs is 3. The van der Waals surface area contributed by atoms with Crippen LogP contribution in [0.15, 0.2) is 49.1 Å². The molecule has 35 heavy (non-hydrogen) atoms. The summed E-state index contributed by atoms with van der Waals surface area (Å²) in [6.45, 7) is 8.01. The van der Waals surface area contributed by atoms with Gasteiger partial charge in [-0.15, -0.1) is 6.58 Å². The highest BCUT2D eigenvalue weighted by molar-refractivity contribution is 6.30. The minimum absolute atomic E-state index is 0.183. The van der Waals surface area contributed by atoms with E-state index in [1.54, 1.807) is 24.3 Å². The van der Waals surface area contributed by atoms with Crippen molar-refractivity contribution in [1.29, 1.82) is 0 Å². The highest BCUT2D eigenvalue weighted by atomic mass is 35.5. The highest BCUT2D eigenvalue weighted by Gasteiger charge is 2.49. The molecular weight excluding hydrogens is 462 g/mol. The van der Waals surface area contributed by atoms with E-state index in [0.29, 0.717) is 18.9 Å². The zero-order valence-electron chi connectivity index (χ0n) is 20.3. The van der Waals surface area contributed by atoms with Crippen molar-refractivity contribution in [3.63, 3.8) is 0 Å². The van der Waals surface area contributed by atoms with Crippen molar-refractivity contribution >= 4 is 23.3 Å². The fraction of sp³-hybridized carbons (Fsp3) is 0.483. The van der Waals surface area contributed by atoms with E-state index in [1.165, 1.54) is 11.1 Å². The summed E-state index contributed by atoms with van der Waals surface area (Å²) in [6, 6.07) is 11.4. The van der Waals surface area contributed by atoms with E-state index in [9.17, 15) is 15.0 Å². The van der Waals surface area contributed by atoms with E-state index in [2.05, 4.69) is 30.5 Å². The highest BCUT2D eigenvalue weighted by Crippen LogP contribution is 2.52. The van der Waals surface area contributed by atoms with Crippen molar-refractivity contribution in [2.24, 2.45) is 11.3 Å². The zero-order valence-corrected chi connectivity index (χ0v) is 21.1. The molecule has 5 nitrogen and oxygen atoms in total.